The lowest BCUT2D eigenvalue weighted by Crippen LogP contribution is -2.52. The number of thiazole rings is 1. The number of aliphatic hydroxyl groups excluding tert-OH is 2. The number of nitrogen functional groups attached to an aromatic ring is 1. The number of carbonyl (C=O) groups excluding carboxylic acids is 3. The number of hydrogen-bond acceptors (Lipinski definition) is 9. The first kappa shape index (κ1) is 39.2. The first-order valence-corrected chi connectivity index (χ1v) is 18.7. The van der Waals surface area contributed by atoms with Crippen molar-refractivity contribution in [2.75, 3.05) is 32.9 Å². The molecule has 0 radical (unpaired) electrons. The predicted molar refractivity (Wildman–Crippen MR) is 185 cm³/mol. The van der Waals surface area contributed by atoms with Gasteiger partial charge in [-0.2, -0.15) is 0 Å². The van der Waals surface area contributed by atoms with Crippen molar-refractivity contribution in [1.29, 1.82) is 0 Å². The predicted octanol–water partition coefficient (Wildman–Crippen LogP) is 4.33. The van der Waals surface area contributed by atoms with Crippen molar-refractivity contribution in [2.45, 2.75) is 147 Å². The van der Waals surface area contributed by atoms with E-state index in [0.29, 0.717) is 42.4 Å². The standard InChI is InChI=1S/C35H61N5O6S/c1-25(2)19-29(41)33(45)28(20-26-13-9-8-10-14-26)40(21-27-23-47-34(36)37-27)31(43)16-15-30(42)39(22-32(44)38(3)4)24-35(46)17-11-6-5-7-12-18-35/h23,25-26,28-29,33,41,45-46H,5-22,24H2,1-4H3,(H2,36,37)/t28-,29-,33+/m0/s1. The molecule has 2 aliphatic rings. The minimum absolute atomic E-state index is 0.0475. The molecule has 0 aromatic carbocycles. The van der Waals surface area contributed by atoms with Crippen molar-refractivity contribution in [3.8, 4) is 0 Å². The van der Waals surface area contributed by atoms with Gasteiger partial charge in [-0.15, -0.1) is 11.3 Å². The Balaban J connectivity index is 1.84. The first-order valence-electron chi connectivity index (χ1n) is 17.8. The summed E-state index contributed by atoms with van der Waals surface area (Å²) in [7, 11) is 3.27. The number of aromatic nitrogens is 1. The topological polar surface area (TPSA) is 161 Å². The Hall–Kier alpha value is -2.28. The SMILES string of the molecule is CC(C)C[C@H](O)[C@H](O)[C@H](CC1CCCCC1)N(Cc1csc(N)n1)C(=O)CCC(=O)N(CC(=O)N(C)C)CC1(O)CCCCCCC1. The highest BCUT2D eigenvalue weighted by molar-refractivity contribution is 7.13. The van der Waals surface area contributed by atoms with Gasteiger partial charge in [0.1, 0.15) is 6.10 Å². The molecule has 2 saturated carbocycles. The molecule has 1 heterocycles. The van der Waals surface area contributed by atoms with E-state index in [1.54, 1.807) is 24.4 Å². The van der Waals surface area contributed by atoms with Crippen LogP contribution in [-0.2, 0) is 20.9 Å². The number of nitrogens with two attached hydrogens (primary N) is 1. The van der Waals surface area contributed by atoms with Gasteiger partial charge >= 0.3 is 0 Å². The average Bonchev–Trinajstić information content (AvgIpc) is 3.43. The molecular weight excluding hydrogens is 618 g/mol. The minimum atomic E-state index is -1.17. The Kier molecular flexibility index (Phi) is 15.9. The van der Waals surface area contributed by atoms with E-state index in [-0.39, 0.29) is 56.1 Å². The number of likely N-dealkylation sites (N-methyl/N-ethyl adjacent to an activating group) is 1. The number of nitrogens with zero attached hydrogens (tertiary/aromatic N) is 4. The Morgan fingerprint density at radius 2 is 1.55 bits per heavy atom. The summed E-state index contributed by atoms with van der Waals surface area (Å²) in [6.07, 6.45) is 9.90. The number of rotatable bonds is 16. The fourth-order valence-corrected chi connectivity index (χ4v) is 7.74. The third kappa shape index (κ3) is 12.9. The fourth-order valence-electron chi connectivity index (χ4n) is 7.18. The third-order valence-electron chi connectivity index (χ3n) is 9.92. The molecule has 0 spiro atoms. The molecule has 3 rings (SSSR count). The van der Waals surface area contributed by atoms with E-state index in [2.05, 4.69) is 4.98 Å². The summed E-state index contributed by atoms with van der Waals surface area (Å²) in [5.41, 5.74) is 5.45. The van der Waals surface area contributed by atoms with Gasteiger partial charge in [0.05, 0.1) is 36.5 Å². The van der Waals surface area contributed by atoms with Crippen LogP contribution >= 0.6 is 11.3 Å². The number of hydrogen-bond donors (Lipinski definition) is 4. The largest absolute Gasteiger partial charge is 0.390 e. The van der Waals surface area contributed by atoms with Crippen LogP contribution in [0.2, 0.25) is 0 Å². The van der Waals surface area contributed by atoms with Crippen LogP contribution in [0.25, 0.3) is 0 Å². The van der Waals surface area contributed by atoms with E-state index in [1.165, 1.54) is 27.6 Å². The number of carbonyl (C=O) groups is 3. The highest BCUT2D eigenvalue weighted by atomic mass is 32.1. The van der Waals surface area contributed by atoms with E-state index < -0.39 is 23.9 Å². The minimum Gasteiger partial charge on any atom is -0.390 e. The normalized spacial score (nSPS) is 19.3. The van der Waals surface area contributed by atoms with E-state index in [9.17, 15) is 29.7 Å². The molecule has 12 heteroatoms. The highest BCUT2D eigenvalue weighted by Crippen LogP contribution is 2.32. The van der Waals surface area contributed by atoms with Gasteiger partial charge in [0.25, 0.3) is 0 Å². The maximum absolute atomic E-state index is 14.2. The van der Waals surface area contributed by atoms with Crippen molar-refractivity contribution in [2.24, 2.45) is 11.8 Å². The third-order valence-corrected chi connectivity index (χ3v) is 10.6. The zero-order chi connectivity index (χ0) is 34.6. The van der Waals surface area contributed by atoms with Crippen molar-refractivity contribution in [3.63, 3.8) is 0 Å². The maximum atomic E-state index is 14.2. The molecule has 2 fully saturated rings. The molecule has 5 N–H and O–H groups in total. The second-order valence-corrected chi connectivity index (χ2v) is 15.6. The molecule has 11 nitrogen and oxygen atoms in total. The summed E-state index contributed by atoms with van der Waals surface area (Å²) < 4.78 is 0. The Labute approximate surface area is 285 Å². The van der Waals surface area contributed by atoms with Gasteiger partial charge in [-0.1, -0.05) is 78.1 Å². The van der Waals surface area contributed by atoms with E-state index in [0.717, 1.165) is 57.8 Å². The van der Waals surface area contributed by atoms with E-state index in [1.807, 2.05) is 13.8 Å². The van der Waals surface area contributed by atoms with Crippen LogP contribution < -0.4 is 5.73 Å². The smallest absolute Gasteiger partial charge is 0.241 e. The lowest BCUT2D eigenvalue weighted by molar-refractivity contribution is -0.146. The summed E-state index contributed by atoms with van der Waals surface area (Å²) in [6.45, 7) is 3.95. The van der Waals surface area contributed by atoms with Crippen LogP contribution in [0.3, 0.4) is 0 Å². The monoisotopic (exact) mass is 679 g/mol. The summed E-state index contributed by atoms with van der Waals surface area (Å²) in [6, 6.07) is -0.667. The van der Waals surface area contributed by atoms with Crippen molar-refractivity contribution in [1.82, 2.24) is 19.7 Å². The summed E-state index contributed by atoms with van der Waals surface area (Å²) in [5.74, 6) is -0.490. The van der Waals surface area contributed by atoms with Gasteiger partial charge in [0, 0.05) is 38.9 Å². The molecule has 3 atom stereocenters. The number of amides is 3. The second-order valence-electron chi connectivity index (χ2n) is 14.7. The molecule has 0 aliphatic heterocycles. The molecule has 1 aromatic rings. The van der Waals surface area contributed by atoms with Crippen LogP contribution in [0.1, 0.15) is 122 Å². The van der Waals surface area contributed by atoms with E-state index in [4.69, 9.17) is 5.73 Å². The van der Waals surface area contributed by atoms with Crippen molar-refractivity contribution < 1.29 is 29.7 Å². The maximum Gasteiger partial charge on any atom is 0.241 e. The van der Waals surface area contributed by atoms with Crippen molar-refractivity contribution >= 4 is 34.2 Å². The molecular formula is C35H61N5O6S. The van der Waals surface area contributed by atoms with Gasteiger partial charge in [-0.3, -0.25) is 14.4 Å². The van der Waals surface area contributed by atoms with Crippen LogP contribution in [0, 0.1) is 11.8 Å². The Morgan fingerprint density at radius 3 is 2.13 bits per heavy atom. The van der Waals surface area contributed by atoms with Crippen LogP contribution in [0.15, 0.2) is 5.38 Å². The molecule has 268 valence electrons. The molecule has 0 unspecified atom stereocenters. The van der Waals surface area contributed by atoms with E-state index >= 15 is 0 Å². The van der Waals surface area contributed by atoms with Crippen LogP contribution in [-0.4, -0.2) is 104 Å². The van der Waals surface area contributed by atoms with Crippen LogP contribution in [0.4, 0.5) is 5.13 Å². The summed E-state index contributed by atoms with van der Waals surface area (Å²) >= 11 is 1.27. The molecule has 2 aliphatic carbocycles. The fraction of sp³-hybridized carbons (Fsp3) is 0.829. The molecule has 0 bridgehead atoms. The quantitative estimate of drug-likeness (QED) is 0.201. The summed E-state index contributed by atoms with van der Waals surface area (Å²) in [5, 5.41) is 36.4. The summed E-state index contributed by atoms with van der Waals surface area (Å²) in [4.78, 5) is 49.5. The molecule has 3 amide bonds. The Morgan fingerprint density at radius 1 is 0.957 bits per heavy atom. The Bertz CT molecular complexity index is 1120. The molecule has 47 heavy (non-hydrogen) atoms. The lowest BCUT2D eigenvalue weighted by atomic mass is 9.81. The van der Waals surface area contributed by atoms with Gasteiger partial charge in [-0.25, -0.2) is 4.98 Å². The van der Waals surface area contributed by atoms with Crippen LogP contribution in [0.5, 0.6) is 0 Å². The van der Waals surface area contributed by atoms with Gasteiger partial charge < -0.3 is 35.8 Å². The average molecular weight is 680 g/mol. The highest BCUT2D eigenvalue weighted by Gasteiger charge is 2.38. The number of anilines is 1. The zero-order valence-electron chi connectivity index (χ0n) is 29.2. The lowest BCUT2D eigenvalue weighted by Gasteiger charge is -2.39. The van der Waals surface area contributed by atoms with Gasteiger partial charge in [-0.05, 0) is 37.5 Å². The molecule has 0 saturated heterocycles. The molecule has 1 aromatic heterocycles. The van der Waals surface area contributed by atoms with Gasteiger partial charge in [0.2, 0.25) is 17.7 Å². The van der Waals surface area contributed by atoms with Gasteiger partial charge in [0.15, 0.2) is 5.13 Å². The first-order chi connectivity index (χ1) is 22.3. The number of aliphatic hydroxyl groups is 3. The van der Waals surface area contributed by atoms with Crippen molar-refractivity contribution in [3.05, 3.63) is 11.1 Å². The second kappa shape index (κ2) is 19.0. The zero-order valence-corrected chi connectivity index (χ0v) is 30.1.